The number of benzene rings is 1. The van der Waals surface area contributed by atoms with Gasteiger partial charge >= 0.3 is 0 Å². The number of rotatable bonds is 6. The molecule has 1 aliphatic carbocycles. The zero-order valence-corrected chi connectivity index (χ0v) is 18.3. The third-order valence-electron chi connectivity index (χ3n) is 5.81. The topological polar surface area (TPSA) is 129 Å². The molecule has 5 rings (SSSR count). The molecule has 3 heterocycles. The lowest BCUT2D eigenvalue weighted by atomic mass is 10.1. The van der Waals surface area contributed by atoms with Crippen molar-refractivity contribution in [2.75, 3.05) is 11.1 Å². The van der Waals surface area contributed by atoms with Crippen LogP contribution in [-0.2, 0) is 7.05 Å². The van der Waals surface area contributed by atoms with Gasteiger partial charge in [0.25, 0.3) is 5.56 Å². The quantitative estimate of drug-likeness (QED) is 0.477. The molecule has 1 fully saturated rings. The second-order valence-corrected chi connectivity index (χ2v) is 8.17. The second kappa shape index (κ2) is 7.70. The van der Waals surface area contributed by atoms with Gasteiger partial charge in [0.15, 0.2) is 5.82 Å². The van der Waals surface area contributed by atoms with Crippen LogP contribution in [0.3, 0.4) is 0 Å². The highest BCUT2D eigenvalue weighted by Crippen LogP contribution is 2.38. The minimum atomic E-state index is -0.259. The summed E-state index contributed by atoms with van der Waals surface area (Å²) in [4.78, 5) is 31.3. The predicted octanol–water partition coefficient (Wildman–Crippen LogP) is 2.77. The maximum absolute atomic E-state index is 13.5. The Balaban J connectivity index is 1.64. The average Bonchev–Trinajstić information content (AvgIpc) is 3.51. The van der Waals surface area contributed by atoms with Gasteiger partial charge in [-0.1, -0.05) is 19.1 Å². The molecule has 1 saturated carbocycles. The number of aromatic nitrogens is 7. The van der Waals surface area contributed by atoms with Crippen molar-refractivity contribution in [3.63, 3.8) is 0 Å². The molecule has 1 aliphatic rings. The van der Waals surface area contributed by atoms with E-state index in [-0.39, 0.29) is 23.5 Å². The summed E-state index contributed by atoms with van der Waals surface area (Å²) in [6, 6.07) is 5.69. The first-order valence-corrected chi connectivity index (χ1v) is 10.7. The van der Waals surface area contributed by atoms with Crippen LogP contribution in [0.25, 0.3) is 22.3 Å². The van der Waals surface area contributed by atoms with Crippen molar-refractivity contribution in [1.29, 1.82) is 0 Å². The summed E-state index contributed by atoms with van der Waals surface area (Å²) in [6.07, 6.45) is 5.65. The molecule has 4 aromatic rings. The van der Waals surface area contributed by atoms with Gasteiger partial charge in [0, 0.05) is 13.1 Å². The lowest BCUT2D eigenvalue weighted by molar-refractivity contribution is 0.578. The van der Waals surface area contributed by atoms with Crippen molar-refractivity contribution >= 4 is 22.5 Å². The highest BCUT2D eigenvalue weighted by Gasteiger charge is 2.31. The Morgan fingerprint density at radius 3 is 2.75 bits per heavy atom. The number of nitrogens with one attached hydrogen (secondary N) is 1. The smallest absolute Gasteiger partial charge is 0.261 e. The molecule has 1 aromatic carbocycles. The van der Waals surface area contributed by atoms with Gasteiger partial charge in [-0.25, -0.2) is 19.9 Å². The van der Waals surface area contributed by atoms with Gasteiger partial charge in [-0.3, -0.25) is 14.0 Å². The molecule has 0 aliphatic heterocycles. The molecular formula is C22H25N9O. The third kappa shape index (κ3) is 3.37. The van der Waals surface area contributed by atoms with Crippen molar-refractivity contribution in [1.82, 2.24) is 34.3 Å². The van der Waals surface area contributed by atoms with E-state index < -0.39 is 0 Å². The van der Waals surface area contributed by atoms with E-state index in [1.165, 1.54) is 6.33 Å². The van der Waals surface area contributed by atoms with Crippen molar-refractivity contribution in [2.24, 2.45) is 7.05 Å². The molecule has 0 amide bonds. The van der Waals surface area contributed by atoms with Gasteiger partial charge in [0.1, 0.15) is 35.7 Å². The molecule has 0 bridgehead atoms. The molecule has 0 saturated heterocycles. The summed E-state index contributed by atoms with van der Waals surface area (Å²) in [6.45, 7) is 4.00. The molecule has 3 aromatic heterocycles. The molecular weight excluding hydrogens is 406 g/mol. The van der Waals surface area contributed by atoms with E-state index in [4.69, 9.17) is 10.7 Å². The molecule has 3 N–H and O–H groups in total. The van der Waals surface area contributed by atoms with Crippen LogP contribution >= 0.6 is 0 Å². The average molecular weight is 432 g/mol. The predicted molar refractivity (Wildman–Crippen MR) is 122 cm³/mol. The van der Waals surface area contributed by atoms with E-state index in [0.717, 1.165) is 18.4 Å². The number of fused-ring (bicyclic) bond motifs is 1. The zero-order valence-electron chi connectivity index (χ0n) is 18.3. The molecule has 0 radical (unpaired) electrons. The Hall–Kier alpha value is -3.82. The molecule has 0 spiro atoms. The van der Waals surface area contributed by atoms with Gasteiger partial charge < -0.3 is 11.1 Å². The number of hydrogen-bond donors (Lipinski definition) is 2. The Morgan fingerprint density at radius 1 is 1.25 bits per heavy atom. The van der Waals surface area contributed by atoms with Crippen molar-refractivity contribution in [2.45, 2.75) is 45.2 Å². The number of hydrogen-bond acceptors (Lipinski definition) is 8. The van der Waals surface area contributed by atoms with Crippen LogP contribution in [0.4, 0.5) is 11.6 Å². The number of nitrogen functional groups attached to an aromatic ring is 1. The van der Waals surface area contributed by atoms with Gasteiger partial charge in [-0.05, 0) is 37.8 Å². The number of anilines is 2. The highest BCUT2D eigenvalue weighted by atomic mass is 16.1. The van der Waals surface area contributed by atoms with Crippen LogP contribution in [-0.4, -0.2) is 34.3 Å². The maximum atomic E-state index is 13.5. The maximum Gasteiger partial charge on any atom is 0.261 e. The fourth-order valence-corrected chi connectivity index (χ4v) is 4.05. The van der Waals surface area contributed by atoms with Crippen LogP contribution in [0.5, 0.6) is 0 Å². The first-order valence-electron chi connectivity index (χ1n) is 10.7. The molecule has 32 heavy (non-hydrogen) atoms. The molecule has 1 atom stereocenters. The minimum absolute atomic E-state index is 0.0136. The van der Waals surface area contributed by atoms with Crippen molar-refractivity contribution in [3.05, 3.63) is 52.6 Å². The van der Waals surface area contributed by atoms with Gasteiger partial charge in [0.05, 0.1) is 16.9 Å². The first kappa shape index (κ1) is 20.1. The largest absolute Gasteiger partial charge is 0.383 e. The Morgan fingerprint density at radius 2 is 2.06 bits per heavy atom. The van der Waals surface area contributed by atoms with Crippen LogP contribution < -0.4 is 16.6 Å². The van der Waals surface area contributed by atoms with E-state index in [0.29, 0.717) is 40.4 Å². The summed E-state index contributed by atoms with van der Waals surface area (Å²) in [5, 5.41) is 8.50. The number of aryl methyl sites for hydroxylation is 2. The van der Waals surface area contributed by atoms with E-state index in [1.807, 2.05) is 36.6 Å². The number of nitrogens with two attached hydrogens (primary N) is 1. The summed E-state index contributed by atoms with van der Waals surface area (Å²) in [7, 11) is 1.79. The molecule has 10 nitrogen and oxygen atoms in total. The van der Waals surface area contributed by atoms with Gasteiger partial charge in [-0.15, -0.1) is 0 Å². The van der Waals surface area contributed by atoms with E-state index >= 15 is 0 Å². The fraction of sp³-hybridized carbons (Fsp3) is 0.364. The Kier molecular flexibility index (Phi) is 4.84. The second-order valence-electron chi connectivity index (χ2n) is 8.17. The van der Waals surface area contributed by atoms with Crippen LogP contribution in [0, 0.1) is 6.92 Å². The lowest BCUT2D eigenvalue weighted by Crippen LogP contribution is -2.29. The first-order chi connectivity index (χ1) is 15.5. The normalized spacial score (nSPS) is 14.6. The fourth-order valence-electron chi connectivity index (χ4n) is 4.05. The summed E-state index contributed by atoms with van der Waals surface area (Å²) >= 11 is 0. The molecule has 1 unspecified atom stereocenters. The Labute approximate surface area is 184 Å². The van der Waals surface area contributed by atoms with Gasteiger partial charge in [0.2, 0.25) is 0 Å². The standard InChI is InChI=1S/C22H25N9O/c1-4-14(27-19-17(18(23)24-10-25-19)20-26-11-30(3)29-20)21-28-15-7-5-6-12(2)16(15)22(32)31(21)13-8-9-13/h5-7,10-11,13-14H,4,8-9H2,1-3H3,(H3,23,24,25,27). The van der Waals surface area contributed by atoms with Crippen molar-refractivity contribution < 1.29 is 0 Å². The minimum Gasteiger partial charge on any atom is -0.383 e. The van der Waals surface area contributed by atoms with Crippen molar-refractivity contribution in [3.8, 4) is 11.4 Å². The Bertz CT molecular complexity index is 1370. The molecule has 10 heteroatoms. The zero-order chi connectivity index (χ0) is 22.4. The van der Waals surface area contributed by atoms with E-state index in [2.05, 4.69) is 25.4 Å². The summed E-state index contributed by atoms with van der Waals surface area (Å²) < 4.78 is 3.46. The number of nitrogens with zero attached hydrogens (tertiary/aromatic N) is 7. The summed E-state index contributed by atoms with van der Waals surface area (Å²) in [5.74, 6) is 1.93. The van der Waals surface area contributed by atoms with Crippen LogP contribution in [0.1, 0.15) is 49.7 Å². The van der Waals surface area contributed by atoms with Gasteiger partial charge in [-0.2, -0.15) is 5.10 Å². The van der Waals surface area contributed by atoms with E-state index in [1.54, 1.807) is 18.1 Å². The molecule has 164 valence electrons. The lowest BCUT2D eigenvalue weighted by Gasteiger charge is -2.23. The summed E-state index contributed by atoms with van der Waals surface area (Å²) in [5.41, 5.74) is 8.36. The van der Waals surface area contributed by atoms with Crippen LogP contribution in [0.2, 0.25) is 0 Å². The van der Waals surface area contributed by atoms with Crippen LogP contribution in [0.15, 0.2) is 35.6 Å². The highest BCUT2D eigenvalue weighted by molar-refractivity contribution is 5.82. The SMILES string of the molecule is CCC(Nc1ncnc(N)c1-c1ncn(C)n1)c1nc2cccc(C)c2c(=O)n1C1CC1. The monoisotopic (exact) mass is 431 g/mol. The third-order valence-corrected chi connectivity index (χ3v) is 5.81. The van der Waals surface area contributed by atoms with E-state index in [9.17, 15) is 4.79 Å².